The van der Waals surface area contributed by atoms with E-state index in [-0.39, 0.29) is 0 Å². The van der Waals surface area contributed by atoms with Gasteiger partial charge < -0.3 is 5.32 Å². The summed E-state index contributed by atoms with van der Waals surface area (Å²) in [6.45, 7) is 5.45. The normalized spacial score (nSPS) is 11.2. The predicted octanol–water partition coefficient (Wildman–Crippen LogP) is 4.46. The fourth-order valence-electron chi connectivity index (χ4n) is 2.44. The maximum atomic E-state index is 4.78. The second-order valence-corrected chi connectivity index (χ2v) is 5.71. The van der Waals surface area contributed by atoms with Crippen molar-refractivity contribution in [1.82, 2.24) is 9.38 Å². The molecule has 0 unspecified atom stereocenters. The molecular formula is C18H21N3. The van der Waals surface area contributed by atoms with Crippen molar-refractivity contribution < 1.29 is 0 Å². The molecule has 1 N–H and O–H groups in total. The number of nitrogens with one attached hydrogen (secondary N) is 1. The van der Waals surface area contributed by atoms with E-state index >= 15 is 0 Å². The number of imidazole rings is 1. The van der Waals surface area contributed by atoms with E-state index in [1.807, 2.05) is 24.3 Å². The largest absolute Gasteiger partial charge is 0.369 e. The summed E-state index contributed by atoms with van der Waals surface area (Å²) in [5.74, 6) is 1.77. The van der Waals surface area contributed by atoms with Crippen LogP contribution in [0.2, 0.25) is 0 Å². The molecule has 0 saturated heterocycles. The van der Waals surface area contributed by atoms with Gasteiger partial charge >= 0.3 is 0 Å². The van der Waals surface area contributed by atoms with E-state index in [2.05, 4.69) is 54.0 Å². The summed E-state index contributed by atoms with van der Waals surface area (Å²) >= 11 is 0. The van der Waals surface area contributed by atoms with Crippen molar-refractivity contribution in [2.75, 3.05) is 11.9 Å². The number of pyridine rings is 1. The third-order valence-electron chi connectivity index (χ3n) is 3.59. The number of aromatic nitrogens is 2. The Kier molecular flexibility index (Phi) is 3.91. The molecule has 3 heteroatoms. The van der Waals surface area contributed by atoms with Crippen LogP contribution in [0.4, 0.5) is 5.82 Å². The zero-order chi connectivity index (χ0) is 14.7. The van der Waals surface area contributed by atoms with Gasteiger partial charge in [0.25, 0.3) is 0 Å². The van der Waals surface area contributed by atoms with Gasteiger partial charge in [0.2, 0.25) is 0 Å². The number of rotatable bonds is 5. The molecular weight excluding hydrogens is 258 g/mol. The maximum absolute atomic E-state index is 4.78. The van der Waals surface area contributed by atoms with Crippen molar-refractivity contribution in [2.45, 2.75) is 20.3 Å². The van der Waals surface area contributed by atoms with Gasteiger partial charge in [0.15, 0.2) is 0 Å². The molecule has 21 heavy (non-hydrogen) atoms. The lowest BCUT2D eigenvalue weighted by atomic mass is 10.1. The topological polar surface area (TPSA) is 29.3 Å². The molecule has 0 aliphatic heterocycles. The molecule has 108 valence electrons. The van der Waals surface area contributed by atoms with Crippen molar-refractivity contribution >= 4 is 11.5 Å². The van der Waals surface area contributed by atoms with Crippen LogP contribution in [0.15, 0.2) is 54.7 Å². The molecule has 3 nitrogen and oxygen atoms in total. The van der Waals surface area contributed by atoms with Gasteiger partial charge in [-0.25, -0.2) is 4.98 Å². The molecule has 0 saturated carbocycles. The molecule has 3 rings (SSSR count). The first-order chi connectivity index (χ1) is 10.3. The van der Waals surface area contributed by atoms with Crippen molar-refractivity contribution in [2.24, 2.45) is 5.92 Å². The molecule has 0 atom stereocenters. The SMILES string of the molecule is CC(C)CCNc1c(-c2ccccc2)nc2ccccn12. The molecule has 0 fully saturated rings. The van der Waals surface area contributed by atoms with Gasteiger partial charge in [0.05, 0.1) is 0 Å². The van der Waals surface area contributed by atoms with E-state index in [0.29, 0.717) is 5.92 Å². The van der Waals surface area contributed by atoms with E-state index < -0.39 is 0 Å². The van der Waals surface area contributed by atoms with Crippen molar-refractivity contribution in [3.8, 4) is 11.3 Å². The number of nitrogens with zero attached hydrogens (tertiary/aromatic N) is 2. The van der Waals surface area contributed by atoms with Crippen LogP contribution in [0, 0.1) is 5.92 Å². The van der Waals surface area contributed by atoms with Gasteiger partial charge in [-0.3, -0.25) is 4.40 Å². The summed E-state index contributed by atoms with van der Waals surface area (Å²) in [6.07, 6.45) is 3.21. The molecule has 0 bridgehead atoms. The first kappa shape index (κ1) is 13.7. The molecule has 0 radical (unpaired) electrons. The number of hydrogen-bond acceptors (Lipinski definition) is 2. The van der Waals surface area contributed by atoms with Crippen LogP contribution in [0.5, 0.6) is 0 Å². The molecule has 1 aromatic carbocycles. The van der Waals surface area contributed by atoms with Gasteiger partial charge in [-0.05, 0) is 24.5 Å². The molecule has 3 aromatic rings. The fourth-order valence-corrected chi connectivity index (χ4v) is 2.44. The van der Waals surface area contributed by atoms with E-state index in [0.717, 1.165) is 35.7 Å². The van der Waals surface area contributed by atoms with Gasteiger partial charge in [-0.15, -0.1) is 0 Å². The number of fused-ring (bicyclic) bond motifs is 1. The molecule has 0 spiro atoms. The van der Waals surface area contributed by atoms with Crippen molar-refractivity contribution in [3.63, 3.8) is 0 Å². The lowest BCUT2D eigenvalue weighted by molar-refractivity contribution is 0.606. The van der Waals surface area contributed by atoms with Crippen LogP contribution in [0.3, 0.4) is 0 Å². The van der Waals surface area contributed by atoms with Gasteiger partial charge in [-0.2, -0.15) is 0 Å². The summed E-state index contributed by atoms with van der Waals surface area (Å²) in [5.41, 5.74) is 3.14. The average Bonchev–Trinajstić information content (AvgIpc) is 2.87. The Labute approximate surface area is 125 Å². The summed E-state index contributed by atoms with van der Waals surface area (Å²) in [6, 6.07) is 16.5. The standard InChI is InChI=1S/C18H21N3/c1-14(2)11-12-19-18-17(15-8-4-3-5-9-15)20-16-10-6-7-13-21(16)18/h3-10,13-14,19H,11-12H2,1-2H3. The molecule has 0 aliphatic rings. The molecule has 2 aromatic heterocycles. The Morgan fingerprint density at radius 2 is 1.81 bits per heavy atom. The maximum Gasteiger partial charge on any atom is 0.139 e. The second-order valence-electron chi connectivity index (χ2n) is 5.71. The zero-order valence-corrected chi connectivity index (χ0v) is 12.6. The van der Waals surface area contributed by atoms with Crippen LogP contribution in [-0.2, 0) is 0 Å². The van der Waals surface area contributed by atoms with E-state index in [1.165, 1.54) is 0 Å². The predicted molar refractivity (Wildman–Crippen MR) is 88.6 cm³/mol. The summed E-state index contributed by atoms with van der Waals surface area (Å²) < 4.78 is 2.13. The molecule has 0 aliphatic carbocycles. The highest BCUT2D eigenvalue weighted by molar-refractivity contribution is 5.76. The van der Waals surface area contributed by atoms with E-state index in [4.69, 9.17) is 4.98 Å². The first-order valence-electron chi connectivity index (χ1n) is 7.52. The Morgan fingerprint density at radius 1 is 1.05 bits per heavy atom. The summed E-state index contributed by atoms with van der Waals surface area (Å²) in [7, 11) is 0. The minimum absolute atomic E-state index is 0.692. The Balaban J connectivity index is 2.02. The van der Waals surface area contributed by atoms with Gasteiger partial charge in [0.1, 0.15) is 17.2 Å². The quantitative estimate of drug-likeness (QED) is 0.747. The highest BCUT2D eigenvalue weighted by Gasteiger charge is 2.13. The Hall–Kier alpha value is -2.29. The average molecular weight is 279 g/mol. The second kappa shape index (κ2) is 6.00. The number of hydrogen-bond donors (Lipinski definition) is 1. The van der Waals surface area contributed by atoms with Crippen molar-refractivity contribution in [3.05, 3.63) is 54.7 Å². The smallest absolute Gasteiger partial charge is 0.139 e. The summed E-state index contributed by atoms with van der Waals surface area (Å²) in [5, 5.41) is 3.57. The third-order valence-corrected chi connectivity index (χ3v) is 3.59. The highest BCUT2D eigenvalue weighted by Crippen LogP contribution is 2.28. The van der Waals surface area contributed by atoms with Crippen LogP contribution in [0.25, 0.3) is 16.9 Å². The summed E-state index contributed by atoms with van der Waals surface area (Å²) in [4.78, 5) is 4.78. The van der Waals surface area contributed by atoms with E-state index in [9.17, 15) is 0 Å². The van der Waals surface area contributed by atoms with Crippen LogP contribution >= 0.6 is 0 Å². The van der Waals surface area contributed by atoms with Crippen LogP contribution in [0.1, 0.15) is 20.3 Å². The minimum Gasteiger partial charge on any atom is -0.369 e. The zero-order valence-electron chi connectivity index (χ0n) is 12.6. The fraction of sp³-hybridized carbons (Fsp3) is 0.278. The molecule has 2 heterocycles. The lowest BCUT2D eigenvalue weighted by Crippen LogP contribution is -2.07. The lowest BCUT2D eigenvalue weighted by Gasteiger charge is -2.10. The number of benzene rings is 1. The van der Waals surface area contributed by atoms with Gasteiger partial charge in [-0.1, -0.05) is 50.2 Å². The number of anilines is 1. The monoisotopic (exact) mass is 279 g/mol. The Bertz CT molecular complexity index is 714. The van der Waals surface area contributed by atoms with Gasteiger partial charge in [0, 0.05) is 18.3 Å². The third kappa shape index (κ3) is 2.92. The van der Waals surface area contributed by atoms with Crippen LogP contribution in [-0.4, -0.2) is 15.9 Å². The van der Waals surface area contributed by atoms with Crippen molar-refractivity contribution in [1.29, 1.82) is 0 Å². The Morgan fingerprint density at radius 3 is 2.57 bits per heavy atom. The highest BCUT2D eigenvalue weighted by atomic mass is 15.1. The van der Waals surface area contributed by atoms with Crippen LogP contribution < -0.4 is 5.32 Å². The van der Waals surface area contributed by atoms with E-state index in [1.54, 1.807) is 0 Å². The molecule has 0 amide bonds. The first-order valence-corrected chi connectivity index (χ1v) is 7.52. The minimum atomic E-state index is 0.692.